The summed E-state index contributed by atoms with van der Waals surface area (Å²) in [6, 6.07) is 5.59. The standard InChI is InChI=1S/C17H27NO3/c1-11(2)10-18-15(9-16(19)21-5)17(20)14-7-6-12(3)8-13(14)4/h6-8,11,15,17-18,20H,9-10H2,1-5H3. The summed E-state index contributed by atoms with van der Waals surface area (Å²) in [5, 5.41) is 13.9. The first-order chi connectivity index (χ1) is 9.85. The number of aliphatic hydroxyl groups is 1. The topological polar surface area (TPSA) is 58.6 Å². The van der Waals surface area contributed by atoms with Crippen LogP contribution in [0.4, 0.5) is 0 Å². The molecule has 1 aromatic carbocycles. The fourth-order valence-corrected chi connectivity index (χ4v) is 2.32. The molecule has 0 amide bonds. The van der Waals surface area contributed by atoms with Gasteiger partial charge in [0.15, 0.2) is 0 Å². The predicted octanol–water partition coefficient (Wildman–Crippen LogP) is 2.51. The van der Waals surface area contributed by atoms with Crippen LogP contribution < -0.4 is 5.32 Å². The Labute approximate surface area is 127 Å². The third kappa shape index (κ3) is 5.48. The Morgan fingerprint density at radius 3 is 2.52 bits per heavy atom. The van der Waals surface area contributed by atoms with Crippen LogP contribution in [-0.4, -0.2) is 30.8 Å². The quantitative estimate of drug-likeness (QED) is 0.758. The minimum absolute atomic E-state index is 0.150. The summed E-state index contributed by atoms with van der Waals surface area (Å²) in [6.45, 7) is 8.91. The monoisotopic (exact) mass is 293 g/mol. The summed E-state index contributed by atoms with van der Waals surface area (Å²) in [6.07, 6.45) is -0.582. The van der Waals surface area contributed by atoms with Crippen LogP contribution in [0.2, 0.25) is 0 Å². The van der Waals surface area contributed by atoms with Gasteiger partial charge in [-0.1, -0.05) is 37.6 Å². The average molecular weight is 293 g/mol. The van der Waals surface area contributed by atoms with E-state index in [-0.39, 0.29) is 18.4 Å². The molecule has 2 N–H and O–H groups in total. The maximum absolute atomic E-state index is 11.6. The van der Waals surface area contributed by atoms with Gasteiger partial charge >= 0.3 is 5.97 Å². The first kappa shape index (κ1) is 17.7. The highest BCUT2D eigenvalue weighted by Crippen LogP contribution is 2.23. The molecule has 0 radical (unpaired) electrons. The van der Waals surface area contributed by atoms with Crippen molar-refractivity contribution in [2.75, 3.05) is 13.7 Å². The van der Waals surface area contributed by atoms with Crippen molar-refractivity contribution in [2.24, 2.45) is 5.92 Å². The number of ether oxygens (including phenoxy) is 1. The number of hydrogen-bond donors (Lipinski definition) is 2. The summed E-state index contributed by atoms with van der Waals surface area (Å²) < 4.78 is 4.73. The number of carbonyl (C=O) groups excluding carboxylic acids is 1. The highest BCUT2D eigenvalue weighted by molar-refractivity contribution is 5.70. The van der Waals surface area contributed by atoms with Gasteiger partial charge in [-0.05, 0) is 37.4 Å². The van der Waals surface area contributed by atoms with Crippen LogP contribution in [0.1, 0.15) is 43.1 Å². The lowest BCUT2D eigenvalue weighted by Gasteiger charge is -2.26. The van der Waals surface area contributed by atoms with Crippen LogP contribution >= 0.6 is 0 Å². The normalized spacial score (nSPS) is 14.0. The fraction of sp³-hybridized carbons (Fsp3) is 0.588. The molecule has 0 aliphatic heterocycles. The second-order valence-electron chi connectivity index (χ2n) is 5.99. The number of benzene rings is 1. The van der Waals surface area contributed by atoms with Crippen LogP contribution in [0.15, 0.2) is 18.2 Å². The molecule has 4 heteroatoms. The van der Waals surface area contributed by atoms with Gasteiger partial charge in [-0.15, -0.1) is 0 Å². The van der Waals surface area contributed by atoms with E-state index in [4.69, 9.17) is 4.74 Å². The summed E-state index contributed by atoms with van der Waals surface area (Å²) in [4.78, 5) is 11.6. The molecule has 0 heterocycles. The number of hydrogen-bond acceptors (Lipinski definition) is 4. The molecule has 0 aliphatic rings. The zero-order valence-electron chi connectivity index (χ0n) is 13.6. The first-order valence-electron chi connectivity index (χ1n) is 7.40. The fourth-order valence-electron chi connectivity index (χ4n) is 2.32. The highest BCUT2D eigenvalue weighted by Gasteiger charge is 2.25. The molecule has 1 rings (SSSR count). The molecule has 1 aromatic rings. The number of methoxy groups -OCH3 is 1. The van der Waals surface area contributed by atoms with Gasteiger partial charge in [0.1, 0.15) is 0 Å². The first-order valence-corrected chi connectivity index (χ1v) is 7.40. The number of aliphatic hydroxyl groups excluding tert-OH is 1. The Morgan fingerprint density at radius 2 is 2.00 bits per heavy atom. The lowest BCUT2D eigenvalue weighted by atomic mass is 9.94. The zero-order chi connectivity index (χ0) is 16.0. The van der Waals surface area contributed by atoms with Crippen LogP contribution in [-0.2, 0) is 9.53 Å². The van der Waals surface area contributed by atoms with Crippen LogP contribution in [0.5, 0.6) is 0 Å². The number of aryl methyl sites for hydroxylation is 2. The average Bonchev–Trinajstić information content (AvgIpc) is 2.42. The Kier molecular flexibility index (Phi) is 6.85. The van der Waals surface area contributed by atoms with E-state index in [0.717, 1.165) is 23.2 Å². The van der Waals surface area contributed by atoms with Gasteiger partial charge in [-0.25, -0.2) is 0 Å². The molecule has 4 nitrogen and oxygen atoms in total. The zero-order valence-corrected chi connectivity index (χ0v) is 13.6. The van der Waals surface area contributed by atoms with Crippen molar-refractivity contribution in [1.29, 1.82) is 0 Å². The Morgan fingerprint density at radius 1 is 1.33 bits per heavy atom. The molecular weight excluding hydrogens is 266 g/mol. The second-order valence-corrected chi connectivity index (χ2v) is 5.99. The second kappa shape index (κ2) is 8.15. The van der Waals surface area contributed by atoms with E-state index in [9.17, 15) is 9.90 Å². The minimum Gasteiger partial charge on any atom is -0.469 e. The SMILES string of the molecule is COC(=O)CC(NCC(C)C)C(O)c1ccc(C)cc1C. The number of rotatable bonds is 7. The van der Waals surface area contributed by atoms with Crippen molar-refractivity contribution in [2.45, 2.75) is 46.3 Å². The summed E-state index contributed by atoms with van der Waals surface area (Å²) in [5.74, 6) is 0.122. The van der Waals surface area contributed by atoms with Gasteiger partial charge in [0, 0.05) is 6.04 Å². The van der Waals surface area contributed by atoms with Gasteiger partial charge in [0.2, 0.25) is 0 Å². The highest BCUT2D eigenvalue weighted by atomic mass is 16.5. The largest absolute Gasteiger partial charge is 0.469 e. The van der Waals surface area contributed by atoms with Crippen molar-refractivity contribution < 1.29 is 14.6 Å². The smallest absolute Gasteiger partial charge is 0.307 e. The van der Waals surface area contributed by atoms with Gasteiger partial charge in [-0.2, -0.15) is 0 Å². The molecule has 0 saturated heterocycles. The maximum atomic E-state index is 11.6. The van der Waals surface area contributed by atoms with Gasteiger partial charge in [0.05, 0.1) is 19.6 Å². The predicted molar refractivity (Wildman–Crippen MR) is 84.1 cm³/mol. The lowest BCUT2D eigenvalue weighted by Crippen LogP contribution is -2.39. The molecule has 2 atom stereocenters. The Bertz CT molecular complexity index is 471. The van der Waals surface area contributed by atoms with Gasteiger partial charge in [0.25, 0.3) is 0 Å². The van der Waals surface area contributed by atoms with E-state index in [0.29, 0.717) is 5.92 Å². The molecule has 0 fully saturated rings. The van der Waals surface area contributed by atoms with E-state index >= 15 is 0 Å². The van der Waals surface area contributed by atoms with Crippen molar-refractivity contribution in [3.05, 3.63) is 34.9 Å². The third-order valence-electron chi connectivity index (χ3n) is 3.53. The molecule has 0 aliphatic carbocycles. The molecule has 118 valence electrons. The van der Waals surface area contributed by atoms with E-state index in [2.05, 4.69) is 19.2 Å². The molecule has 0 bridgehead atoms. The molecule has 0 spiro atoms. The molecule has 2 unspecified atom stereocenters. The Balaban J connectivity index is 2.91. The van der Waals surface area contributed by atoms with Crippen LogP contribution in [0.3, 0.4) is 0 Å². The van der Waals surface area contributed by atoms with Crippen LogP contribution in [0.25, 0.3) is 0 Å². The van der Waals surface area contributed by atoms with E-state index in [1.54, 1.807) is 0 Å². The maximum Gasteiger partial charge on any atom is 0.307 e. The van der Waals surface area contributed by atoms with Crippen molar-refractivity contribution in [3.8, 4) is 0 Å². The van der Waals surface area contributed by atoms with E-state index in [1.165, 1.54) is 7.11 Å². The summed E-state index contributed by atoms with van der Waals surface area (Å²) in [7, 11) is 1.37. The van der Waals surface area contributed by atoms with Crippen molar-refractivity contribution in [1.82, 2.24) is 5.32 Å². The van der Waals surface area contributed by atoms with Gasteiger partial charge < -0.3 is 15.2 Å². The number of nitrogens with one attached hydrogen (secondary N) is 1. The molecule has 0 saturated carbocycles. The molecule has 0 aromatic heterocycles. The molecule has 21 heavy (non-hydrogen) atoms. The number of carbonyl (C=O) groups is 1. The molecular formula is C17H27NO3. The number of esters is 1. The van der Waals surface area contributed by atoms with E-state index in [1.807, 2.05) is 32.0 Å². The minimum atomic E-state index is -0.733. The summed E-state index contributed by atoms with van der Waals surface area (Å²) >= 11 is 0. The van der Waals surface area contributed by atoms with Crippen molar-refractivity contribution in [3.63, 3.8) is 0 Å². The Hall–Kier alpha value is -1.39. The van der Waals surface area contributed by atoms with Crippen molar-refractivity contribution >= 4 is 5.97 Å². The summed E-state index contributed by atoms with van der Waals surface area (Å²) in [5.41, 5.74) is 3.04. The lowest BCUT2D eigenvalue weighted by molar-refractivity contribution is -0.142. The third-order valence-corrected chi connectivity index (χ3v) is 3.53. The van der Waals surface area contributed by atoms with Crippen LogP contribution in [0, 0.1) is 19.8 Å². The van der Waals surface area contributed by atoms with E-state index < -0.39 is 6.10 Å². The van der Waals surface area contributed by atoms with Gasteiger partial charge in [-0.3, -0.25) is 4.79 Å².